The normalized spacial score (nSPS) is 11.0. The van der Waals surface area contributed by atoms with Crippen molar-refractivity contribution in [3.63, 3.8) is 0 Å². The number of hydrogen-bond acceptors (Lipinski definition) is 3. The maximum absolute atomic E-state index is 11.3. The Hall–Kier alpha value is -3.31. The molecule has 0 aliphatic carbocycles. The van der Waals surface area contributed by atoms with Crippen molar-refractivity contribution in [2.24, 2.45) is 0 Å². The molecule has 6 heteroatoms. The second kappa shape index (κ2) is 7.97. The fourth-order valence-electron chi connectivity index (χ4n) is 3.24. The number of aromatic nitrogens is 2. The van der Waals surface area contributed by atoms with Gasteiger partial charge < -0.3 is 14.4 Å². The van der Waals surface area contributed by atoms with E-state index in [1.807, 2.05) is 60.0 Å². The topological polar surface area (TPSA) is 64.3 Å². The lowest BCUT2D eigenvalue weighted by atomic mass is 10.1. The van der Waals surface area contributed by atoms with Crippen LogP contribution in [0.15, 0.2) is 66.7 Å². The van der Waals surface area contributed by atoms with Crippen molar-refractivity contribution in [1.29, 1.82) is 0 Å². The molecule has 4 aromatic rings. The average Bonchev–Trinajstić information content (AvgIpc) is 3.03. The minimum absolute atomic E-state index is 0.234. The Bertz CT molecular complexity index is 1190. The highest BCUT2D eigenvalue weighted by Gasteiger charge is 2.13. The molecule has 146 valence electrons. The Balaban J connectivity index is 1.57. The minimum Gasteiger partial charge on any atom is -0.489 e. The Labute approximate surface area is 173 Å². The quantitative estimate of drug-likeness (QED) is 0.470. The number of nitrogens with zero attached hydrogens (tertiary/aromatic N) is 2. The third-order valence-corrected chi connectivity index (χ3v) is 5.13. The first-order valence-corrected chi connectivity index (χ1v) is 9.54. The summed E-state index contributed by atoms with van der Waals surface area (Å²) in [5.41, 5.74) is 3.67. The van der Waals surface area contributed by atoms with Gasteiger partial charge >= 0.3 is 5.97 Å². The summed E-state index contributed by atoms with van der Waals surface area (Å²) in [6.07, 6.45) is 0. The first kappa shape index (κ1) is 19.0. The molecule has 0 fully saturated rings. The fraction of sp³-hybridized carbons (Fsp3) is 0.130. The van der Waals surface area contributed by atoms with E-state index in [0.717, 1.165) is 33.7 Å². The van der Waals surface area contributed by atoms with Crippen molar-refractivity contribution in [1.82, 2.24) is 9.55 Å². The SMILES string of the molecule is Cc1nc2ccc(C(=O)O)cc2n1Cc1ccc(COc2ccccc2)cc1Cl. The number of halogens is 1. The van der Waals surface area contributed by atoms with Gasteiger partial charge in [0.2, 0.25) is 0 Å². The summed E-state index contributed by atoms with van der Waals surface area (Å²) in [6, 6.07) is 20.4. The van der Waals surface area contributed by atoms with E-state index in [4.69, 9.17) is 16.3 Å². The number of carbonyl (C=O) groups is 1. The van der Waals surface area contributed by atoms with Gasteiger partial charge in [0.15, 0.2) is 0 Å². The summed E-state index contributed by atoms with van der Waals surface area (Å²) >= 11 is 6.53. The predicted octanol–water partition coefficient (Wildman–Crippen LogP) is 5.32. The first-order chi connectivity index (χ1) is 14.0. The van der Waals surface area contributed by atoms with E-state index in [1.165, 1.54) is 0 Å². The van der Waals surface area contributed by atoms with Crippen LogP contribution in [-0.2, 0) is 13.2 Å². The molecule has 0 saturated carbocycles. The van der Waals surface area contributed by atoms with Gasteiger partial charge in [-0.2, -0.15) is 0 Å². The highest BCUT2D eigenvalue weighted by atomic mass is 35.5. The number of imidazole rings is 1. The van der Waals surface area contributed by atoms with Crippen LogP contribution in [0.3, 0.4) is 0 Å². The lowest BCUT2D eigenvalue weighted by Gasteiger charge is -2.11. The van der Waals surface area contributed by atoms with E-state index in [-0.39, 0.29) is 5.56 Å². The van der Waals surface area contributed by atoms with Crippen molar-refractivity contribution in [2.75, 3.05) is 0 Å². The van der Waals surface area contributed by atoms with Gasteiger partial charge in [0.1, 0.15) is 18.2 Å². The molecule has 1 aromatic heterocycles. The van der Waals surface area contributed by atoms with E-state index in [1.54, 1.807) is 18.2 Å². The Kier molecular flexibility index (Phi) is 5.23. The Morgan fingerprint density at radius 3 is 2.62 bits per heavy atom. The van der Waals surface area contributed by atoms with E-state index >= 15 is 0 Å². The number of aryl methyl sites for hydroxylation is 1. The van der Waals surface area contributed by atoms with Crippen LogP contribution in [-0.4, -0.2) is 20.6 Å². The lowest BCUT2D eigenvalue weighted by Crippen LogP contribution is -2.04. The summed E-state index contributed by atoms with van der Waals surface area (Å²) in [6.45, 7) is 2.83. The van der Waals surface area contributed by atoms with Crippen molar-refractivity contribution in [2.45, 2.75) is 20.1 Å². The van der Waals surface area contributed by atoms with Gasteiger partial charge in [-0.05, 0) is 54.4 Å². The zero-order chi connectivity index (χ0) is 20.4. The van der Waals surface area contributed by atoms with Crippen LogP contribution < -0.4 is 4.74 Å². The summed E-state index contributed by atoms with van der Waals surface area (Å²) < 4.78 is 7.75. The third kappa shape index (κ3) is 4.10. The smallest absolute Gasteiger partial charge is 0.335 e. The molecule has 1 N–H and O–H groups in total. The molecule has 5 nitrogen and oxygen atoms in total. The largest absolute Gasteiger partial charge is 0.489 e. The lowest BCUT2D eigenvalue weighted by molar-refractivity contribution is 0.0697. The van der Waals surface area contributed by atoms with Gasteiger partial charge in [0.05, 0.1) is 23.1 Å². The van der Waals surface area contributed by atoms with Crippen molar-refractivity contribution >= 4 is 28.6 Å². The van der Waals surface area contributed by atoms with Gasteiger partial charge in [-0.1, -0.05) is 41.9 Å². The molecule has 0 atom stereocenters. The van der Waals surface area contributed by atoms with E-state index in [9.17, 15) is 9.90 Å². The molecule has 0 aliphatic heterocycles. The van der Waals surface area contributed by atoms with Gasteiger partial charge in [0, 0.05) is 5.02 Å². The number of fused-ring (bicyclic) bond motifs is 1. The molecule has 0 amide bonds. The predicted molar refractivity (Wildman–Crippen MR) is 113 cm³/mol. The first-order valence-electron chi connectivity index (χ1n) is 9.16. The molecule has 0 unspecified atom stereocenters. The highest BCUT2D eigenvalue weighted by molar-refractivity contribution is 6.31. The molecule has 0 saturated heterocycles. The van der Waals surface area contributed by atoms with Crippen LogP contribution in [0, 0.1) is 6.92 Å². The molecular formula is C23H19ClN2O3. The van der Waals surface area contributed by atoms with E-state index in [0.29, 0.717) is 18.2 Å². The molecule has 0 radical (unpaired) electrons. The highest BCUT2D eigenvalue weighted by Crippen LogP contribution is 2.24. The molecule has 29 heavy (non-hydrogen) atoms. The number of carboxylic acids is 1. The molecule has 0 bridgehead atoms. The minimum atomic E-state index is -0.960. The zero-order valence-electron chi connectivity index (χ0n) is 15.8. The van der Waals surface area contributed by atoms with Crippen LogP contribution >= 0.6 is 11.6 Å². The number of hydrogen-bond donors (Lipinski definition) is 1. The third-order valence-electron chi connectivity index (χ3n) is 4.78. The molecule has 0 spiro atoms. The fourth-order valence-corrected chi connectivity index (χ4v) is 3.50. The molecule has 4 rings (SSSR count). The van der Waals surface area contributed by atoms with Gasteiger partial charge in [-0.15, -0.1) is 0 Å². The molecule has 1 heterocycles. The van der Waals surface area contributed by atoms with Crippen molar-refractivity contribution in [3.05, 3.63) is 94.3 Å². The Morgan fingerprint density at radius 2 is 1.90 bits per heavy atom. The van der Waals surface area contributed by atoms with Gasteiger partial charge in [0.25, 0.3) is 0 Å². The van der Waals surface area contributed by atoms with Crippen LogP contribution in [0.25, 0.3) is 11.0 Å². The number of benzene rings is 3. The second-order valence-electron chi connectivity index (χ2n) is 6.78. The monoisotopic (exact) mass is 406 g/mol. The van der Waals surface area contributed by atoms with E-state index in [2.05, 4.69) is 4.98 Å². The van der Waals surface area contributed by atoms with Crippen LogP contribution in [0.2, 0.25) is 5.02 Å². The summed E-state index contributed by atoms with van der Waals surface area (Å²) in [7, 11) is 0. The molecular weight excluding hydrogens is 388 g/mol. The number of aromatic carboxylic acids is 1. The molecule has 3 aromatic carbocycles. The number of ether oxygens (including phenoxy) is 1. The summed E-state index contributed by atoms with van der Waals surface area (Å²) in [5.74, 6) is 0.649. The Morgan fingerprint density at radius 1 is 1.10 bits per heavy atom. The van der Waals surface area contributed by atoms with Crippen LogP contribution in [0.1, 0.15) is 27.3 Å². The van der Waals surface area contributed by atoms with Gasteiger partial charge in [-0.25, -0.2) is 9.78 Å². The standard InChI is InChI=1S/C23H19ClN2O3/c1-15-25-21-10-9-17(23(27)28)12-22(21)26(15)13-18-8-7-16(11-20(18)24)14-29-19-5-3-2-4-6-19/h2-12H,13-14H2,1H3,(H,27,28). The number of rotatable bonds is 6. The van der Waals surface area contributed by atoms with Crippen LogP contribution in [0.4, 0.5) is 0 Å². The molecule has 0 aliphatic rings. The van der Waals surface area contributed by atoms with Gasteiger partial charge in [-0.3, -0.25) is 0 Å². The van der Waals surface area contributed by atoms with Crippen molar-refractivity contribution in [3.8, 4) is 5.75 Å². The van der Waals surface area contributed by atoms with E-state index < -0.39 is 5.97 Å². The second-order valence-corrected chi connectivity index (χ2v) is 7.19. The zero-order valence-corrected chi connectivity index (χ0v) is 16.6. The number of carboxylic acid groups (broad SMARTS) is 1. The average molecular weight is 407 g/mol. The number of para-hydroxylation sites is 1. The van der Waals surface area contributed by atoms with Crippen LogP contribution in [0.5, 0.6) is 5.75 Å². The maximum atomic E-state index is 11.3. The maximum Gasteiger partial charge on any atom is 0.335 e. The summed E-state index contributed by atoms with van der Waals surface area (Å²) in [5, 5.41) is 9.91. The summed E-state index contributed by atoms with van der Waals surface area (Å²) in [4.78, 5) is 15.8. The van der Waals surface area contributed by atoms with Crippen molar-refractivity contribution < 1.29 is 14.6 Å².